The Kier molecular flexibility index (Phi) is 2.67. The molecule has 0 saturated carbocycles. The zero-order valence-corrected chi connectivity index (χ0v) is 10.3. The largest absolute Gasteiger partial charge is 0.506 e. The Bertz CT molecular complexity index is 752. The van der Waals surface area contributed by atoms with Crippen LogP contribution in [0.15, 0.2) is 36.7 Å². The number of aryl methyl sites for hydroxylation is 1. The number of fused-ring (bicyclic) bond motifs is 1. The Balaban J connectivity index is 2.32. The summed E-state index contributed by atoms with van der Waals surface area (Å²) in [6.45, 7) is 2.66. The van der Waals surface area contributed by atoms with Gasteiger partial charge in [-0.2, -0.15) is 0 Å². The maximum atomic E-state index is 13.3. The van der Waals surface area contributed by atoms with Gasteiger partial charge >= 0.3 is 0 Å². The molecule has 0 radical (unpaired) electrons. The number of rotatable bonds is 2. The number of halogens is 1. The molecule has 0 aliphatic heterocycles. The molecule has 4 nitrogen and oxygen atoms in total. The lowest BCUT2D eigenvalue weighted by atomic mass is 10.2. The first-order valence-electron chi connectivity index (χ1n) is 6.00. The molecule has 0 atom stereocenters. The Hall–Kier alpha value is -2.43. The maximum absolute atomic E-state index is 13.3. The normalized spacial score (nSPS) is 11.1. The van der Waals surface area contributed by atoms with Crippen LogP contribution in [0.1, 0.15) is 6.92 Å². The van der Waals surface area contributed by atoms with Gasteiger partial charge in [-0.3, -0.25) is 4.98 Å². The van der Waals surface area contributed by atoms with E-state index < -0.39 is 0 Å². The topological polar surface area (TPSA) is 50.9 Å². The van der Waals surface area contributed by atoms with Gasteiger partial charge in [0.1, 0.15) is 17.4 Å². The lowest BCUT2D eigenvalue weighted by Crippen LogP contribution is -1.97. The summed E-state index contributed by atoms with van der Waals surface area (Å²) in [5.74, 6) is 0.356. The van der Waals surface area contributed by atoms with Gasteiger partial charge in [0, 0.05) is 18.8 Å². The fourth-order valence-electron chi connectivity index (χ4n) is 2.20. The van der Waals surface area contributed by atoms with Gasteiger partial charge in [-0.15, -0.1) is 0 Å². The van der Waals surface area contributed by atoms with Crippen molar-refractivity contribution >= 4 is 11.0 Å². The maximum Gasteiger partial charge on any atom is 0.144 e. The van der Waals surface area contributed by atoms with E-state index in [0.29, 0.717) is 23.4 Å². The molecule has 0 spiro atoms. The molecule has 1 N–H and O–H groups in total. The summed E-state index contributed by atoms with van der Waals surface area (Å²) in [5, 5.41) is 9.87. The van der Waals surface area contributed by atoms with E-state index in [1.807, 2.05) is 11.5 Å². The fraction of sp³-hybridized carbons (Fsp3) is 0.143. The van der Waals surface area contributed by atoms with E-state index in [1.54, 1.807) is 18.3 Å². The molecule has 3 aromatic rings. The van der Waals surface area contributed by atoms with Gasteiger partial charge in [0.05, 0.1) is 22.8 Å². The average molecular weight is 257 g/mol. The Morgan fingerprint density at radius 3 is 2.89 bits per heavy atom. The molecule has 5 heteroatoms. The van der Waals surface area contributed by atoms with Gasteiger partial charge in [-0.05, 0) is 25.1 Å². The second-order valence-electron chi connectivity index (χ2n) is 4.21. The van der Waals surface area contributed by atoms with Gasteiger partial charge in [0.2, 0.25) is 0 Å². The molecule has 2 aromatic heterocycles. The molecule has 0 bridgehead atoms. The summed E-state index contributed by atoms with van der Waals surface area (Å²) in [5.41, 5.74) is 2.01. The summed E-state index contributed by atoms with van der Waals surface area (Å²) >= 11 is 0. The third kappa shape index (κ3) is 1.83. The highest BCUT2D eigenvalue weighted by atomic mass is 19.1. The monoisotopic (exact) mass is 257 g/mol. The van der Waals surface area contributed by atoms with Gasteiger partial charge in [-0.25, -0.2) is 9.37 Å². The van der Waals surface area contributed by atoms with Crippen LogP contribution in [0.2, 0.25) is 0 Å². The van der Waals surface area contributed by atoms with E-state index in [1.165, 1.54) is 18.3 Å². The number of pyridine rings is 1. The lowest BCUT2D eigenvalue weighted by Gasteiger charge is -2.07. The van der Waals surface area contributed by atoms with Gasteiger partial charge in [0.25, 0.3) is 0 Å². The minimum Gasteiger partial charge on any atom is -0.506 e. The van der Waals surface area contributed by atoms with Gasteiger partial charge in [-0.1, -0.05) is 0 Å². The van der Waals surface area contributed by atoms with Crippen LogP contribution in [-0.4, -0.2) is 19.6 Å². The van der Waals surface area contributed by atoms with Gasteiger partial charge in [0.15, 0.2) is 0 Å². The van der Waals surface area contributed by atoms with Crippen molar-refractivity contribution in [3.05, 3.63) is 42.5 Å². The SMILES string of the molecule is CCn1c(-c2ccncc2O)nc2cc(F)ccc21. The summed E-state index contributed by atoms with van der Waals surface area (Å²) < 4.78 is 15.2. The number of benzene rings is 1. The standard InChI is InChI=1S/C14H12FN3O/c1-2-18-12-4-3-9(15)7-11(12)17-14(18)10-5-6-16-8-13(10)19/h3-8,19H,2H2,1H3. The highest BCUT2D eigenvalue weighted by Gasteiger charge is 2.14. The van der Waals surface area contributed by atoms with E-state index in [2.05, 4.69) is 9.97 Å². The molecule has 96 valence electrons. The number of nitrogens with zero attached hydrogens (tertiary/aromatic N) is 3. The van der Waals surface area contributed by atoms with Crippen LogP contribution in [0.5, 0.6) is 5.75 Å². The second-order valence-corrected chi connectivity index (χ2v) is 4.21. The number of hydrogen-bond donors (Lipinski definition) is 1. The van der Waals surface area contributed by atoms with E-state index in [4.69, 9.17) is 0 Å². The van der Waals surface area contributed by atoms with Crippen molar-refractivity contribution in [2.45, 2.75) is 13.5 Å². The average Bonchev–Trinajstić information content (AvgIpc) is 2.76. The Morgan fingerprint density at radius 1 is 1.32 bits per heavy atom. The van der Waals surface area contributed by atoms with Crippen molar-refractivity contribution in [2.75, 3.05) is 0 Å². The predicted molar refractivity (Wildman–Crippen MR) is 70.3 cm³/mol. The lowest BCUT2D eigenvalue weighted by molar-refractivity contribution is 0.474. The van der Waals surface area contributed by atoms with Crippen LogP contribution in [0.4, 0.5) is 4.39 Å². The number of aromatic nitrogens is 3. The third-order valence-electron chi connectivity index (χ3n) is 3.07. The molecule has 1 aromatic carbocycles. The number of imidazole rings is 1. The van der Waals surface area contributed by atoms with Crippen molar-refractivity contribution < 1.29 is 9.50 Å². The summed E-state index contributed by atoms with van der Waals surface area (Å²) in [6.07, 6.45) is 2.96. The van der Waals surface area contributed by atoms with Crippen LogP contribution in [0.25, 0.3) is 22.4 Å². The van der Waals surface area contributed by atoms with E-state index >= 15 is 0 Å². The molecular formula is C14H12FN3O. The summed E-state index contributed by atoms with van der Waals surface area (Å²) in [4.78, 5) is 8.26. The first-order valence-corrected chi connectivity index (χ1v) is 6.00. The first-order chi connectivity index (χ1) is 9.20. The Morgan fingerprint density at radius 2 is 2.16 bits per heavy atom. The molecule has 0 fully saturated rings. The summed E-state index contributed by atoms with van der Waals surface area (Å²) in [6, 6.07) is 6.19. The van der Waals surface area contributed by atoms with Crippen molar-refractivity contribution in [3.8, 4) is 17.1 Å². The molecule has 19 heavy (non-hydrogen) atoms. The molecule has 0 aliphatic rings. The fourth-order valence-corrected chi connectivity index (χ4v) is 2.20. The minimum atomic E-state index is -0.321. The highest BCUT2D eigenvalue weighted by molar-refractivity contribution is 5.81. The zero-order chi connectivity index (χ0) is 13.4. The zero-order valence-electron chi connectivity index (χ0n) is 10.3. The van der Waals surface area contributed by atoms with Crippen molar-refractivity contribution in [1.29, 1.82) is 0 Å². The van der Waals surface area contributed by atoms with Crippen molar-refractivity contribution in [2.24, 2.45) is 0 Å². The smallest absolute Gasteiger partial charge is 0.144 e. The van der Waals surface area contributed by atoms with E-state index in [-0.39, 0.29) is 11.6 Å². The van der Waals surface area contributed by atoms with Crippen LogP contribution in [-0.2, 0) is 6.54 Å². The van der Waals surface area contributed by atoms with Crippen molar-refractivity contribution in [3.63, 3.8) is 0 Å². The minimum absolute atomic E-state index is 0.0629. The van der Waals surface area contributed by atoms with Crippen LogP contribution >= 0.6 is 0 Å². The van der Waals surface area contributed by atoms with E-state index in [9.17, 15) is 9.50 Å². The molecule has 0 unspecified atom stereocenters. The first kappa shape index (κ1) is 11.6. The highest BCUT2D eigenvalue weighted by Crippen LogP contribution is 2.30. The molecule has 0 aliphatic carbocycles. The molecule has 3 rings (SSSR count). The van der Waals surface area contributed by atoms with Crippen molar-refractivity contribution in [1.82, 2.24) is 14.5 Å². The Labute approximate surface area is 109 Å². The van der Waals surface area contributed by atoms with Crippen LogP contribution < -0.4 is 0 Å². The van der Waals surface area contributed by atoms with E-state index in [0.717, 1.165) is 5.52 Å². The molecule has 2 heterocycles. The molecule has 0 saturated heterocycles. The van der Waals surface area contributed by atoms with Crippen LogP contribution in [0, 0.1) is 5.82 Å². The number of hydrogen-bond acceptors (Lipinski definition) is 3. The predicted octanol–water partition coefficient (Wildman–Crippen LogP) is 2.96. The molecular weight excluding hydrogens is 245 g/mol. The second kappa shape index (κ2) is 4.35. The number of aromatic hydroxyl groups is 1. The van der Waals surface area contributed by atoms with Crippen LogP contribution in [0.3, 0.4) is 0 Å². The quantitative estimate of drug-likeness (QED) is 0.767. The third-order valence-corrected chi connectivity index (χ3v) is 3.07. The van der Waals surface area contributed by atoms with Gasteiger partial charge < -0.3 is 9.67 Å². The summed E-state index contributed by atoms with van der Waals surface area (Å²) in [7, 11) is 0. The molecule has 0 amide bonds.